The van der Waals surface area contributed by atoms with Crippen molar-refractivity contribution in [2.24, 2.45) is 0 Å². The van der Waals surface area contributed by atoms with Crippen LogP contribution < -0.4 is 16.4 Å². The van der Waals surface area contributed by atoms with Crippen LogP contribution in [0.4, 0.5) is 5.69 Å². The summed E-state index contributed by atoms with van der Waals surface area (Å²) in [4.78, 5) is 22.8. The van der Waals surface area contributed by atoms with Gasteiger partial charge in [-0.2, -0.15) is 0 Å². The Morgan fingerprint density at radius 3 is 2.47 bits per heavy atom. The third-order valence-electron chi connectivity index (χ3n) is 2.18. The number of fused-ring (bicyclic) bond motifs is 1. The van der Waals surface area contributed by atoms with Crippen molar-refractivity contribution in [1.82, 2.24) is 10.2 Å². The van der Waals surface area contributed by atoms with Crippen molar-refractivity contribution in [1.29, 1.82) is 0 Å². The van der Waals surface area contributed by atoms with Gasteiger partial charge in [-0.05, 0) is 25.1 Å². The Bertz CT molecular complexity index is 597. The zero-order chi connectivity index (χ0) is 10.8. The van der Waals surface area contributed by atoms with Gasteiger partial charge in [-0.15, -0.1) is 0 Å². The van der Waals surface area contributed by atoms with Crippen LogP contribution in [-0.4, -0.2) is 16.7 Å². The maximum Gasteiger partial charge on any atom is 0.270 e. The number of benzene rings is 1. The van der Waals surface area contributed by atoms with E-state index >= 15 is 0 Å². The number of aromatic amines is 2. The molecule has 0 amide bonds. The summed E-state index contributed by atoms with van der Waals surface area (Å²) in [5.41, 5.74) is 0.262. The van der Waals surface area contributed by atoms with Crippen LogP contribution in [0.1, 0.15) is 6.92 Å². The van der Waals surface area contributed by atoms with Gasteiger partial charge >= 0.3 is 0 Å². The predicted octanol–water partition coefficient (Wildman–Crippen LogP) is 0.648. The average Bonchev–Trinajstić information content (AvgIpc) is 2.24. The van der Waals surface area contributed by atoms with Gasteiger partial charge in [0, 0.05) is 12.2 Å². The SMILES string of the molecule is CCNc1ccc2c(=O)[nH][nH]c(=O)c2c1. The Kier molecular flexibility index (Phi) is 2.29. The molecule has 78 valence electrons. The molecule has 2 rings (SSSR count). The van der Waals surface area contributed by atoms with Gasteiger partial charge < -0.3 is 5.32 Å². The monoisotopic (exact) mass is 205 g/mol. The van der Waals surface area contributed by atoms with Crippen LogP contribution in [0.5, 0.6) is 0 Å². The number of nitrogens with one attached hydrogen (secondary N) is 3. The van der Waals surface area contributed by atoms with Crippen LogP contribution in [0.3, 0.4) is 0 Å². The highest BCUT2D eigenvalue weighted by atomic mass is 16.1. The molecule has 0 unspecified atom stereocenters. The van der Waals surface area contributed by atoms with Crippen LogP contribution >= 0.6 is 0 Å². The first-order valence-electron chi connectivity index (χ1n) is 4.71. The first-order valence-corrected chi connectivity index (χ1v) is 4.71. The van der Waals surface area contributed by atoms with Crippen molar-refractivity contribution in [3.8, 4) is 0 Å². The molecule has 5 heteroatoms. The molecule has 0 aliphatic carbocycles. The largest absolute Gasteiger partial charge is 0.385 e. The van der Waals surface area contributed by atoms with Gasteiger partial charge in [0.1, 0.15) is 0 Å². The van der Waals surface area contributed by atoms with Crippen molar-refractivity contribution < 1.29 is 0 Å². The highest BCUT2D eigenvalue weighted by Gasteiger charge is 2.02. The molecule has 5 nitrogen and oxygen atoms in total. The number of hydrogen-bond acceptors (Lipinski definition) is 3. The highest BCUT2D eigenvalue weighted by molar-refractivity contribution is 5.83. The van der Waals surface area contributed by atoms with E-state index in [-0.39, 0.29) is 11.1 Å². The fraction of sp³-hybridized carbons (Fsp3) is 0.200. The molecular weight excluding hydrogens is 194 g/mol. The molecule has 3 N–H and O–H groups in total. The van der Waals surface area contributed by atoms with Crippen LogP contribution in [0.25, 0.3) is 10.8 Å². The minimum absolute atomic E-state index is 0.285. The zero-order valence-corrected chi connectivity index (χ0v) is 8.26. The number of rotatable bonds is 2. The van der Waals surface area contributed by atoms with Crippen LogP contribution in [0, 0.1) is 0 Å². The molecule has 2 aromatic rings. The molecule has 0 bridgehead atoms. The van der Waals surface area contributed by atoms with Gasteiger partial charge in [0.05, 0.1) is 10.8 Å². The van der Waals surface area contributed by atoms with Crippen molar-refractivity contribution in [3.05, 3.63) is 38.9 Å². The number of hydrogen-bond donors (Lipinski definition) is 3. The lowest BCUT2D eigenvalue weighted by Gasteiger charge is -2.03. The second kappa shape index (κ2) is 3.61. The third-order valence-corrected chi connectivity index (χ3v) is 2.18. The van der Waals surface area contributed by atoms with Gasteiger partial charge in [0.25, 0.3) is 11.1 Å². The highest BCUT2D eigenvalue weighted by Crippen LogP contribution is 2.12. The molecule has 1 heterocycles. The minimum Gasteiger partial charge on any atom is -0.385 e. The summed E-state index contributed by atoms with van der Waals surface area (Å²) in [5.74, 6) is 0. The Hall–Kier alpha value is -2.04. The van der Waals surface area contributed by atoms with E-state index in [1.54, 1.807) is 18.2 Å². The molecular formula is C10H11N3O2. The number of H-pyrrole nitrogens is 2. The minimum atomic E-state index is -0.288. The Balaban J connectivity index is 2.76. The van der Waals surface area contributed by atoms with Crippen LogP contribution in [0.15, 0.2) is 27.8 Å². The fourth-order valence-electron chi connectivity index (χ4n) is 1.49. The summed E-state index contributed by atoms with van der Waals surface area (Å²) in [7, 11) is 0. The molecule has 0 saturated heterocycles. The van der Waals surface area contributed by atoms with Gasteiger partial charge in [-0.1, -0.05) is 0 Å². The van der Waals surface area contributed by atoms with E-state index in [0.717, 1.165) is 12.2 Å². The quantitative estimate of drug-likeness (QED) is 0.673. The summed E-state index contributed by atoms with van der Waals surface area (Å²) in [6, 6.07) is 5.09. The van der Waals surface area contributed by atoms with Crippen molar-refractivity contribution in [2.75, 3.05) is 11.9 Å². The van der Waals surface area contributed by atoms with E-state index in [1.807, 2.05) is 6.92 Å². The van der Waals surface area contributed by atoms with E-state index < -0.39 is 0 Å². The number of aromatic nitrogens is 2. The molecule has 0 fully saturated rings. The normalized spacial score (nSPS) is 10.5. The van der Waals surface area contributed by atoms with E-state index in [0.29, 0.717) is 10.8 Å². The summed E-state index contributed by atoms with van der Waals surface area (Å²) >= 11 is 0. The maximum absolute atomic E-state index is 11.4. The van der Waals surface area contributed by atoms with E-state index in [1.165, 1.54) is 0 Å². The summed E-state index contributed by atoms with van der Waals surface area (Å²) < 4.78 is 0. The fourth-order valence-corrected chi connectivity index (χ4v) is 1.49. The zero-order valence-electron chi connectivity index (χ0n) is 8.26. The lowest BCUT2D eigenvalue weighted by atomic mass is 10.2. The van der Waals surface area contributed by atoms with Crippen molar-refractivity contribution in [2.45, 2.75) is 6.92 Å². The first kappa shape index (κ1) is 9.51. The molecule has 15 heavy (non-hydrogen) atoms. The Morgan fingerprint density at radius 2 is 1.80 bits per heavy atom. The Morgan fingerprint density at radius 1 is 1.13 bits per heavy atom. The van der Waals surface area contributed by atoms with Gasteiger partial charge in [0.2, 0.25) is 0 Å². The molecule has 0 aliphatic heterocycles. The van der Waals surface area contributed by atoms with Gasteiger partial charge in [-0.25, -0.2) is 0 Å². The van der Waals surface area contributed by atoms with E-state index in [2.05, 4.69) is 15.5 Å². The van der Waals surface area contributed by atoms with E-state index in [9.17, 15) is 9.59 Å². The molecule has 1 aromatic heterocycles. The smallest absolute Gasteiger partial charge is 0.270 e. The summed E-state index contributed by atoms with van der Waals surface area (Å²) in [6.07, 6.45) is 0. The van der Waals surface area contributed by atoms with Crippen LogP contribution in [-0.2, 0) is 0 Å². The number of anilines is 1. The molecule has 0 radical (unpaired) electrons. The van der Waals surface area contributed by atoms with Crippen molar-refractivity contribution in [3.63, 3.8) is 0 Å². The molecule has 0 saturated carbocycles. The summed E-state index contributed by atoms with van der Waals surface area (Å²) in [6.45, 7) is 2.73. The molecule has 1 aromatic carbocycles. The second-order valence-electron chi connectivity index (χ2n) is 3.20. The standard InChI is InChI=1S/C10H11N3O2/c1-2-11-6-3-4-7-8(5-6)10(15)13-12-9(7)14/h3-5,11H,2H2,1H3,(H,12,14)(H,13,15). The topological polar surface area (TPSA) is 77.8 Å². The lowest BCUT2D eigenvalue weighted by Crippen LogP contribution is -2.18. The third kappa shape index (κ3) is 1.63. The molecule has 0 atom stereocenters. The average molecular weight is 205 g/mol. The second-order valence-corrected chi connectivity index (χ2v) is 3.20. The summed E-state index contributed by atoms with van der Waals surface area (Å²) in [5, 5.41) is 8.46. The lowest BCUT2D eigenvalue weighted by molar-refractivity contribution is 0.976. The van der Waals surface area contributed by atoms with Crippen molar-refractivity contribution >= 4 is 16.5 Å². The molecule has 0 aliphatic rings. The maximum atomic E-state index is 11.4. The van der Waals surface area contributed by atoms with Gasteiger partial charge in [0.15, 0.2) is 0 Å². The predicted molar refractivity (Wildman–Crippen MR) is 59.4 cm³/mol. The van der Waals surface area contributed by atoms with Gasteiger partial charge in [-0.3, -0.25) is 19.8 Å². The van der Waals surface area contributed by atoms with Crippen LogP contribution in [0.2, 0.25) is 0 Å². The Labute approximate surface area is 85.1 Å². The van der Waals surface area contributed by atoms with E-state index in [4.69, 9.17) is 0 Å². The first-order chi connectivity index (χ1) is 7.22. The molecule has 0 spiro atoms.